The predicted octanol–water partition coefficient (Wildman–Crippen LogP) is 1.06. The lowest BCUT2D eigenvalue weighted by Gasteiger charge is -1.99. The highest BCUT2D eigenvalue weighted by Crippen LogP contribution is 1.94. The first-order chi connectivity index (χ1) is 7.31. The Hall–Kier alpha value is -0.920. The first-order valence-corrected chi connectivity index (χ1v) is 6.02. The topological polar surface area (TPSA) is 38.3 Å². The predicted molar refractivity (Wildman–Crippen MR) is 64.8 cm³/mol. The SMILES string of the molecule is C#CCSCCNC/C=C/C(=O)OCC. The van der Waals surface area contributed by atoms with Gasteiger partial charge < -0.3 is 10.1 Å². The van der Waals surface area contributed by atoms with Gasteiger partial charge in [-0.15, -0.1) is 18.2 Å². The number of thioether (sulfide) groups is 1. The highest BCUT2D eigenvalue weighted by molar-refractivity contribution is 7.99. The number of hydrogen-bond donors (Lipinski definition) is 1. The van der Waals surface area contributed by atoms with Gasteiger partial charge in [-0.2, -0.15) is 0 Å². The van der Waals surface area contributed by atoms with Crippen molar-refractivity contribution in [3.05, 3.63) is 12.2 Å². The molecule has 0 atom stereocenters. The van der Waals surface area contributed by atoms with Crippen molar-refractivity contribution >= 4 is 17.7 Å². The first kappa shape index (κ1) is 14.1. The molecule has 0 aliphatic rings. The number of rotatable bonds is 8. The van der Waals surface area contributed by atoms with Gasteiger partial charge in [-0.25, -0.2) is 4.79 Å². The highest BCUT2D eigenvalue weighted by Gasteiger charge is 1.91. The van der Waals surface area contributed by atoms with Crippen LogP contribution in [0.2, 0.25) is 0 Å². The molecule has 0 radical (unpaired) electrons. The number of esters is 1. The van der Waals surface area contributed by atoms with E-state index in [0.29, 0.717) is 13.2 Å². The number of carbonyl (C=O) groups is 1. The lowest BCUT2D eigenvalue weighted by molar-refractivity contribution is -0.137. The van der Waals surface area contributed by atoms with Gasteiger partial charge in [0.15, 0.2) is 0 Å². The van der Waals surface area contributed by atoms with Crippen LogP contribution in [0, 0.1) is 12.3 Å². The monoisotopic (exact) mass is 227 g/mol. The smallest absolute Gasteiger partial charge is 0.330 e. The molecular formula is C11H17NO2S. The lowest BCUT2D eigenvalue weighted by Crippen LogP contribution is -2.17. The number of hydrogen-bond acceptors (Lipinski definition) is 4. The zero-order valence-electron chi connectivity index (χ0n) is 8.99. The molecule has 0 spiro atoms. The van der Waals surface area contributed by atoms with Gasteiger partial charge >= 0.3 is 5.97 Å². The molecule has 0 fully saturated rings. The van der Waals surface area contributed by atoms with Crippen LogP contribution in [0.25, 0.3) is 0 Å². The van der Waals surface area contributed by atoms with Crippen molar-refractivity contribution in [2.45, 2.75) is 6.92 Å². The van der Waals surface area contributed by atoms with Crippen molar-refractivity contribution in [2.24, 2.45) is 0 Å². The molecule has 0 saturated heterocycles. The molecule has 0 rings (SSSR count). The normalized spacial score (nSPS) is 10.1. The molecule has 0 bridgehead atoms. The minimum Gasteiger partial charge on any atom is -0.463 e. The van der Waals surface area contributed by atoms with Crippen LogP contribution in [0.3, 0.4) is 0 Å². The van der Waals surface area contributed by atoms with Gasteiger partial charge in [-0.05, 0) is 6.92 Å². The van der Waals surface area contributed by atoms with E-state index in [4.69, 9.17) is 11.2 Å². The Morgan fingerprint density at radius 3 is 3.13 bits per heavy atom. The molecule has 0 aromatic heterocycles. The highest BCUT2D eigenvalue weighted by atomic mass is 32.2. The van der Waals surface area contributed by atoms with Gasteiger partial charge in [0.25, 0.3) is 0 Å². The van der Waals surface area contributed by atoms with E-state index in [1.807, 2.05) is 0 Å². The maximum Gasteiger partial charge on any atom is 0.330 e. The molecular weight excluding hydrogens is 210 g/mol. The zero-order valence-corrected chi connectivity index (χ0v) is 9.81. The fourth-order valence-electron chi connectivity index (χ4n) is 0.806. The Balaban J connectivity index is 3.23. The molecule has 0 amide bonds. The third kappa shape index (κ3) is 11.0. The first-order valence-electron chi connectivity index (χ1n) is 4.86. The van der Waals surface area contributed by atoms with E-state index >= 15 is 0 Å². The third-order valence-electron chi connectivity index (χ3n) is 1.41. The number of terminal acetylenes is 1. The van der Waals surface area contributed by atoms with Crippen molar-refractivity contribution in [3.8, 4) is 12.3 Å². The molecule has 0 heterocycles. The molecule has 0 aromatic rings. The number of nitrogens with one attached hydrogen (secondary N) is 1. The fraction of sp³-hybridized carbons (Fsp3) is 0.545. The van der Waals surface area contributed by atoms with Gasteiger partial charge in [-0.3, -0.25) is 0 Å². The minimum atomic E-state index is -0.291. The number of ether oxygens (including phenoxy) is 1. The molecule has 84 valence electrons. The summed E-state index contributed by atoms with van der Waals surface area (Å²) < 4.78 is 4.72. The van der Waals surface area contributed by atoms with E-state index in [1.54, 1.807) is 24.8 Å². The molecule has 1 N–H and O–H groups in total. The van der Waals surface area contributed by atoms with Crippen LogP contribution in [0.4, 0.5) is 0 Å². The standard InChI is InChI=1S/C11H17NO2S/c1-3-9-15-10-8-12-7-5-6-11(13)14-4-2/h1,5-6,12H,4,7-10H2,2H3/b6-5+. The second-order valence-electron chi connectivity index (χ2n) is 2.62. The molecule has 0 aromatic carbocycles. The zero-order chi connectivity index (χ0) is 11.4. The number of carbonyl (C=O) groups excluding carboxylic acids is 1. The molecule has 15 heavy (non-hydrogen) atoms. The van der Waals surface area contributed by atoms with Crippen LogP contribution in [-0.2, 0) is 9.53 Å². The quantitative estimate of drug-likeness (QED) is 0.291. The summed E-state index contributed by atoms with van der Waals surface area (Å²) in [7, 11) is 0. The van der Waals surface area contributed by atoms with E-state index < -0.39 is 0 Å². The largest absolute Gasteiger partial charge is 0.463 e. The molecule has 4 heteroatoms. The lowest BCUT2D eigenvalue weighted by atomic mass is 10.5. The fourth-order valence-corrected chi connectivity index (χ4v) is 1.36. The van der Waals surface area contributed by atoms with E-state index in [-0.39, 0.29) is 5.97 Å². The summed E-state index contributed by atoms with van der Waals surface area (Å²) in [6.07, 6.45) is 8.29. The van der Waals surface area contributed by atoms with Crippen LogP contribution in [0.15, 0.2) is 12.2 Å². The maximum absolute atomic E-state index is 10.9. The summed E-state index contributed by atoms with van der Waals surface area (Å²) in [4.78, 5) is 10.9. The van der Waals surface area contributed by atoms with Crippen molar-refractivity contribution < 1.29 is 9.53 Å². The average Bonchev–Trinajstić information content (AvgIpc) is 2.22. The Bertz CT molecular complexity index is 233. The van der Waals surface area contributed by atoms with Gasteiger partial charge in [-0.1, -0.05) is 12.0 Å². The van der Waals surface area contributed by atoms with Crippen LogP contribution in [0.1, 0.15) is 6.92 Å². The summed E-state index contributed by atoms with van der Waals surface area (Å²) in [5.74, 6) is 4.00. The third-order valence-corrected chi connectivity index (χ3v) is 2.27. The van der Waals surface area contributed by atoms with Crippen molar-refractivity contribution in [2.75, 3.05) is 31.2 Å². The van der Waals surface area contributed by atoms with E-state index in [2.05, 4.69) is 11.2 Å². The van der Waals surface area contributed by atoms with Gasteiger partial charge in [0, 0.05) is 24.9 Å². The Morgan fingerprint density at radius 1 is 1.67 bits per heavy atom. The summed E-state index contributed by atoms with van der Waals surface area (Å²) in [6.45, 7) is 3.76. The summed E-state index contributed by atoms with van der Waals surface area (Å²) in [5, 5.41) is 3.16. The van der Waals surface area contributed by atoms with Gasteiger partial charge in [0.2, 0.25) is 0 Å². The second-order valence-corrected chi connectivity index (χ2v) is 3.72. The minimum absolute atomic E-state index is 0.291. The summed E-state index contributed by atoms with van der Waals surface area (Å²) in [5.41, 5.74) is 0. The van der Waals surface area contributed by atoms with Crippen LogP contribution in [0.5, 0.6) is 0 Å². The molecule has 3 nitrogen and oxygen atoms in total. The second kappa shape index (κ2) is 11.2. The Morgan fingerprint density at radius 2 is 2.47 bits per heavy atom. The molecule has 0 aliphatic heterocycles. The summed E-state index contributed by atoms with van der Waals surface area (Å²) >= 11 is 1.71. The van der Waals surface area contributed by atoms with Crippen molar-refractivity contribution in [1.29, 1.82) is 0 Å². The van der Waals surface area contributed by atoms with Crippen LogP contribution >= 0.6 is 11.8 Å². The van der Waals surface area contributed by atoms with E-state index in [9.17, 15) is 4.79 Å². The summed E-state index contributed by atoms with van der Waals surface area (Å²) in [6, 6.07) is 0. The molecule has 0 unspecified atom stereocenters. The van der Waals surface area contributed by atoms with Gasteiger partial charge in [0.1, 0.15) is 0 Å². The molecule has 0 aliphatic carbocycles. The van der Waals surface area contributed by atoms with E-state index in [0.717, 1.165) is 18.1 Å². The molecule has 0 saturated carbocycles. The van der Waals surface area contributed by atoms with Crippen molar-refractivity contribution in [1.82, 2.24) is 5.32 Å². The Kier molecular flexibility index (Phi) is 10.5. The Labute approximate surface area is 95.6 Å². The average molecular weight is 227 g/mol. The van der Waals surface area contributed by atoms with Crippen molar-refractivity contribution in [3.63, 3.8) is 0 Å². The van der Waals surface area contributed by atoms with Crippen LogP contribution < -0.4 is 5.32 Å². The van der Waals surface area contributed by atoms with E-state index in [1.165, 1.54) is 6.08 Å². The maximum atomic E-state index is 10.9. The van der Waals surface area contributed by atoms with Gasteiger partial charge in [0.05, 0.1) is 12.4 Å². The van der Waals surface area contributed by atoms with Crippen LogP contribution in [-0.4, -0.2) is 37.2 Å².